The molecule has 21 heavy (non-hydrogen) atoms. The van der Waals surface area contributed by atoms with Crippen molar-refractivity contribution in [3.8, 4) is 5.75 Å². The van der Waals surface area contributed by atoms with Crippen molar-refractivity contribution in [3.05, 3.63) is 28.2 Å². The van der Waals surface area contributed by atoms with E-state index in [0.717, 1.165) is 36.1 Å². The monoisotopic (exact) mass is 353 g/mol. The van der Waals surface area contributed by atoms with Gasteiger partial charge in [-0.25, -0.2) is 0 Å². The molecule has 4 heteroatoms. The van der Waals surface area contributed by atoms with Gasteiger partial charge in [0.15, 0.2) is 0 Å². The normalized spacial score (nSPS) is 24.4. The van der Waals surface area contributed by atoms with E-state index in [1.807, 2.05) is 0 Å². The van der Waals surface area contributed by atoms with E-state index in [9.17, 15) is 0 Å². The van der Waals surface area contributed by atoms with Gasteiger partial charge in [0.25, 0.3) is 0 Å². The highest BCUT2D eigenvalue weighted by atomic mass is 79.9. The number of benzene rings is 1. The Kier molecular flexibility index (Phi) is 4.87. The largest absolute Gasteiger partial charge is 0.489 e. The second-order valence-corrected chi connectivity index (χ2v) is 7.13. The van der Waals surface area contributed by atoms with E-state index in [1.54, 1.807) is 0 Å². The van der Waals surface area contributed by atoms with Gasteiger partial charge in [-0.05, 0) is 59.4 Å². The molecular weight excluding hydrogens is 330 g/mol. The molecule has 1 aromatic carbocycles. The molecule has 0 amide bonds. The maximum Gasteiger partial charge on any atom is 0.133 e. The first-order valence-electron chi connectivity index (χ1n) is 8.00. The van der Waals surface area contributed by atoms with Crippen molar-refractivity contribution < 1.29 is 9.47 Å². The molecule has 3 rings (SSSR count). The van der Waals surface area contributed by atoms with Crippen LogP contribution in [0, 0.1) is 0 Å². The SMILES string of the molecule is NCCc1ccc(OC2CCOC3(CCCC3)C2)c(Br)c1. The Bertz CT molecular complexity index is 486. The van der Waals surface area contributed by atoms with E-state index in [-0.39, 0.29) is 11.7 Å². The second-order valence-electron chi connectivity index (χ2n) is 6.27. The number of ether oxygens (including phenoxy) is 2. The van der Waals surface area contributed by atoms with Gasteiger partial charge in [-0.2, -0.15) is 0 Å². The van der Waals surface area contributed by atoms with Crippen LogP contribution in [0.1, 0.15) is 44.1 Å². The van der Waals surface area contributed by atoms with Crippen LogP contribution < -0.4 is 10.5 Å². The highest BCUT2D eigenvalue weighted by Gasteiger charge is 2.40. The molecule has 0 bridgehead atoms. The average Bonchev–Trinajstić information content (AvgIpc) is 2.90. The summed E-state index contributed by atoms with van der Waals surface area (Å²) in [6.07, 6.45) is 8.18. The highest BCUT2D eigenvalue weighted by Crippen LogP contribution is 2.41. The molecule has 0 radical (unpaired) electrons. The summed E-state index contributed by atoms with van der Waals surface area (Å²) in [7, 11) is 0. The fourth-order valence-corrected chi connectivity index (χ4v) is 4.11. The van der Waals surface area contributed by atoms with Crippen LogP contribution in [-0.4, -0.2) is 24.9 Å². The molecule has 116 valence electrons. The molecule has 3 nitrogen and oxygen atoms in total. The summed E-state index contributed by atoms with van der Waals surface area (Å²) in [5, 5.41) is 0. The zero-order chi connectivity index (χ0) is 14.7. The molecular formula is C17H24BrNO2. The Morgan fingerprint density at radius 3 is 2.86 bits per heavy atom. The van der Waals surface area contributed by atoms with Crippen LogP contribution in [0.2, 0.25) is 0 Å². The fraction of sp³-hybridized carbons (Fsp3) is 0.647. The molecule has 2 aliphatic rings. The summed E-state index contributed by atoms with van der Waals surface area (Å²) in [6.45, 7) is 1.50. The van der Waals surface area contributed by atoms with Crippen molar-refractivity contribution in [3.63, 3.8) is 0 Å². The number of rotatable bonds is 4. The summed E-state index contributed by atoms with van der Waals surface area (Å²) in [4.78, 5) is 0. The van der Waals surface area contributed by atoms with Crippen molar-refractivity contribution in [2.75, 3.05) is 13.2 Å². The van der Waals surface area contributed by atoms with Crippen molar-refractivity contribution in [1.29, 1.82) is 0 Å². The quantitative estimate of drug-likeness (QED) is 0.894. The Morgan fingerprint density at radius 2 is 2.14 bits per heavy atom. The molecule has 1 aliphatic heterocycles. The molecule has 1 saturated heterocycles. The third kappa shape index (κ3) is 3.61. The minimum atomic E-state index is 0.106. The Labute approximate surface area is 135 Å². The Morgan fingerprint density at radius 1 is 1.33 bits per heavy atom. The van der Waals surface area contributed by atoms with Gasteiger partial charge < -0.3 is 15.2 Å². The summed E-state index contributed by atoms with van der Waals surface area (Å²) in [5.41, 5.74) is 6.96. The molecule has 1 spiro atoms. The lowest BCUT2D eigenvalue weighted by Gasteiger charge is -2.38. The molecule has 0 aromatic heterocycles. The van der Waals surface area contributed by atoms with Gasteiger partial charge >= 0.3 is 0 Å². The lowest BCUT2D eigenvalue weighted by atomic mass is 9.90. The van der Waals surface area contributed by atoms with Gasteiger partial charge in [0, 0.05) is 12.8 Å². The van der Waals surface area contributed by atoms with Crippen LogP contribution in [0.5, 0.6) is 5.75 Å². The topological polar surface area (TPSA) is 44.5 Å². The standard InChI is InChI=1S/C17H24BrNO2/c18-15-11-13(5-9-19)3-4-16(15)21-14-6-10-20-17(12-14)7-1-2-8-17/h3-4,11,14H,1-2,5-10,12,19H2. The number of hydrogen-bond donors (Lipinski definition) is 1. The average molecular weight is 354 g/mol. The first-order valence-corrected chi connectivity index (χ1v) is 8.79. The third-order valence-electron chi connectivity index (χ3n) is 4.69. The van der Waals surface area contributed by atoms with Crippen LogP contribution in [-0.2, 0) is 11.2 Å². The summed E-state index contributed by atoms with van der Waals surface area (Å²) >= 11 is 3.62. The molecule has 1 aliphatic carbocycles. The second kappa shape index (κ2) is 6.67. The smallest absolute Gasteiger partial charge is 0.133 e. The van der Waals surface area contributed by atoms with Crippen molar-refractivity contribution in [2.45, 2.75) is 56.7 Å². The molecule has 2 fully saturated rings. The number of halogens is 1. The van der Waals surface area contributed by atoms with Gasteiger partial charge in [0.2, 0.25) is 0 Å². The zero-order valence-corrected chi connectivity index (χ0v) is 14.0. The summed E-state index contributed by atoms with van der Waals surface area (Å²) in [5.74, 6) is 0.941. The maximum atomic E-state index is 6.25. The minimum Gasteiger partial charge on any atom is -0.489 e. The Balaban J connectivity index is 1.65. The van der Waals surface area contributed by atoms with E-state index in [0.29, 0.717) is 6.54 Å². The maximum absolute atomic E-state index is 6.25. The molecule has 1 atom stereocenters. The predicted octanol–water partition coefficient (Wildman–Crippen LogP) is 3.82. The molecule has 1 aromatic rings. The van der Waals surface area contributed by atoms with Crippen molar-refractivity contribution >= 4 is 15.9 Å². The number of nitrogens with two attached hydrogens (primary N) is 1. The molecule has 2 N–H and O–H groups in total. The van der Waals surface area contributed by atoms with Gasteiger partial charge in [0.1, 0.15) is 11.9 Å². The predicted molar refractivity (Wildman–Crippen MR) is 87.7 cm³/mol. The fourth-order valence-electron chi connectivity index (χ4n) is 3.59. The van der Waals surface area contributed by atoms with Crippen LogP contribution in [0.25, 0.3) is 0 Å². The van der Waals surface area contributed by atoms with Gasteiger partial charge in [-0.3, -0.25) is 0 Å². The van der Waals surface area contributed by atoms with E-state index < -0.39 is 0 Å². The van der Waals surface area contributed by atoms with Crippen molar-refractivity contribution in [1.82, 2.24) is 0 Å². The van der Waals surface area contributed by atoms with Crippen LogP contribution >= 0.6 is 15.9 Å². The number of hydrogen-bond acceptors (Lipinski definition) is 3. The van der Waals surface area contributed by atoms with E-state index in [4.69, 9.17) is 15.2 Å². The lowest BCUT2D eigenvalue weighted by Crippen LogP contribution is -2.41. The van der Waals surface area contributed by atoms with E-state index >= 15 is 0 Å². The molecule has 1 unspecified atom stereocenters. The van der Waals surface area contributed by atoms with Crippen LogP contribution in [0.15, 0.2) is 22.7 Å². The van der Waals surface area contributed by atoms with Crippen molar-refractivity contribution in [2.24, 2.45) is 5.73 Å². The van der Waals surface area contributed by atoms with Crippen LogP contribution in [0.4, 0.5) is 0 Å². The summed E-state index contributed by atoms with van der Waals surface area (Å²) < 4.78 is 13.3. The zero-order valence-electron chi connectivity index (χ0n) is 12.4. The highest BCUT2D eigenvalue weighted by molar-refractivity contribution is 9.10. The van der Waals surface area contributed by atoms with E-state index in [1.165, 1.54) is 31.2 Å². The van der Waals surface area contributed by atoms with Gasteiger partial charge in [0.05, 0.1) is 16.7 Å². The minimum absolute atomic E-state index is 0.106. The third-order valence-corrected chi connectivity index (χ3v) is 5.31. The lowest BCUT2D eigenvalue weighted by molar-refractivity contribution is -0.108. The molecule has 1 heterocycles. The molecule has 1 saturated carbocycles. The van der Waals surface area contributed by atoms with Gasteiger partial charge in [-0.1, -0.05) is 18.9 Å². The Hall–Kier alpha value is -0.580. The summed E-state index contributed by atoms with van der Waals surface area (Å²) in [6, 6.07) is 6.29. The first kappa shape index (κ1) is 15.3. The van der Waals surface area contributed by atoms with E-state index in [2.05, 4.69) is 34.1 Å². The van der Waals surface area contributed by atoms with Crippen LogP contribution in [0.3, 0.4) is 0 Å². The first-order chi connectivity index (χ1) is 10.2. The van der Waals surface area contributed by atoms with Gasteiger partial charge in [-0.15, -0.1) is 0 Å².